The molecule has 0 radical (unpaired) electrons. The summed E-state index contributed by atoms with van der Waals surface area (Å²) in [4.78, 5) is 11.3. The van der Waals surface area contributed by atoms with Crippen molar-refractivity contribution in [1.29, 1.82) is 0 Å². The number of unbranched alkanes of at least 4 members (excludes halogenated alkanes) is 13. The summed E-state index contributed by atoms with van der Waals surface area (Å²) < 4.78 is 0. The Balaban J connectivity index is 3.05. The highest BCUT2D eigenvalue weighted by atomic mass is 16.1. The molecule has 0 aromatic rings. The van der Waals surface area contributed by atoms with Gasteiger partial charge < -0.3 is 5.32 Å². The van der Waals surface area contributed by atoms with Gasteiger partial charge in [0.15, 0.2) is 0 Å². The van der Waals surface area contributed by atoms with Gasteiger partial charge in [0.1, 0.15) is 0 Å². The molecule has 2 nitrogen and oxygen atoms in total. The van der Waals surface area contributed by atoms with E-state index >= 15 is 0 Å². The Bertz CT molecular complexity index is 273. The SMILES string of the molecule is C=C(C)C(=O)NCCCCCCCCCCCCCCCC. The Labute approximate surface area is 139 Å². The molecule has 0 rings (SSSR count). The Kier molecular flexibility index (Phi) is 16.0. The molecule has 0 saturated heterocycles. The van der Waals surface area contributed by atoms with Gasteiger partial charge in [-0.3, -0.25) is 4.79 Å². The van der Waals surface area contributed by atoms with E-state index in [9.17, 15) is 4.79 Å². The van der Waals surface area contributed by atoms with Crippen LogP contribution >= 0.6 is 0 Å². The fourth-order valence-electron chi connectivity index (χ4n) is 2.67. The zero-order valence-corrected chi connectivity index (χ0v) is 15.2. The number of carbonyl (C=O) groups excluding carboxylic acids is 1. The van der Waals surface area contributed by atoms with Crippen LogP contribution < -0.4 is 5.32 Å². The number of hydrogen-bond acceptors (Lipinski definition) is 1. The van der Waals surface area contributed by atoms with Gasteiger partial charge in [0.25, 0.3) is 0 Å². The molecule has 0 aliphatic rings. The maximum atomic E-state index is 11.3. The van der Waals surface area contributed by atoms with Crippen molar-refractivity contribution in [2.45, 2.75) is 104 Å². The summed E-state index contributed by atoms with van der Waals surface area (Å²) in [7, 11) is 0. The second kappa shape index (κ2) is 16.6. The zero-order valence-electron chi connectivity index (χ0n) is 15.2. The van der Waals surface area contributed by atoms with E-state index in [1.807, 2.05) is 0 Å². The molecule has 0 saturated carbocycles. The molecule has 0 bridgehead atoms. The quantitative estimate of drug-likeness (QED) is 0.268. The van der Waals surface area contributed by atoms with E-state index in [2.05, 4.69) is 18.8 Å². The first-order valence-corrected chi connectivity index (χ1v) is 9.62. The summed E-state index contributed by atoms with van der Waals surface area (Å²) >= 11 is 0. The molecule has 0 aromatic carbocycles. The highest BCUT2D eigenvalue weighted by molar-refractivity contribution is 5.91. The topological polar surface area (TPSA) is 29.1 Å². The van der Waals surface area contributed by atoms with Crippen LogP contribution in [-0.4, -0.2) is 12.5 Å². The largest absolute Gasteiger partial charge is 0.352 e. The van der Waals surface area contributed by atoms with E-state index in [1.165, 1.54) is 83.5 Å². The molecule has 1 amide bonds. The van der Waals surface area contributed by atoms with E-state index in [4.69, 9.17) is 0 Å². The zero-order chi connectivity index (χ0) is 16.5. The smallest absolute Gasteiger partial charge is 0.246 e. The highest BCUT2D eigenvalue weighted by Crippen LogP contribution is 2.12. The van der Waals surface area contributed by atoms with Gasteiger partial charge in [-0.15, -0.1) is 0 Å². The number of rotatable bonds is 16. The summed E-state index contributed by atoms with van der Waals surface area (Å²) in [5, 5.41) is 2.89. The molecule has 22 heavy (non-hydrogen) atoms. The highest BCUT2D eigenvalue weighted by Gasteiger charge is 1.99. The number of nitrogens with one attached hydrogen (secondary N) is 1. The normalized spacial score (nSPS) is 10.6. The molecule has 0 aliphatic carbocycles. The molecule has 130 valence electrons. The van der Waals surface area contributed by atoms with E-state index in [0.29, 0.717) is 5.57 Å². The molecule has 2 heteroatoms. The average molecular weight is 310 g/mol. The number of carbonyl (C=O) groups is 1. The summed E-state index contributed by atoms with van der Waals surface area (Å²) in [5.41, 5.74) is 0.602. The van der Waals surface area contributed by atoms with Crippen LogP contribution in [0.4, 0.5) is 0 Å². The van der Waals surface area contributed by atoms with Gasteiger partial charge in [-0.05, 0) is 13.3 Å². The number of amides is 1. The van der Waals surface area contributed by atoms with Crippen LogP contribution in [-0.2, 0) is 4.79 Å². The van der Waals surface area contributed by atoms with Gasteiger partial charge in [-0.1, -0.05) is 97.0 Å². The second-order valence-electron chi connectivity index (χ2n) is 6.63. The molecule has 0 fully saturated rings. The maximum absolute atomic E-state index is 11.3. The molecule has 0 atom stereocenters. The lowest BCUT2D eigenvalue weighted by Crippen LogP contribution is -2.24. The van der Waals surface area contributed by atoms with E-state index < -0.39 is 0 Å². The minimum absolute atomic E-state index is 0.00491. The molecule has 0 aliphatic heterocycles. The van der Waals surface area contributed by atoms with Crippen molar-refractivity contribution in [1.82, 2.24) is 5.32 Å². The standard InChI is InChI=1S/C20H39NO/c1-4-5-6-7-8-9-10-11-12-13-14-15-16-17-18-21-20(22)19(2)3/h2,4-18H2,1,3H3,(H,21,22). The van der Waals surface area contributed by atoms with Gasteiger partial charge in [-0.25, -0.2) is 0 Å². The van der Waals surface area contributed by atoms with Crippen LogP contribution in [0, 0.1) is 0 Å². The fraction of sp³-hybridized carbons (Fsp3) is 0.850. The van der Waals surface area contributed by atoms with Gasteiger partial charge in [0.2, 0.25) is 5.91 Å². The predicted molar refractivity (Wildman–Crippen MR) is 98.1 cm³/mol. The van der Waals surface area contributed by atoms with Crippen molar-refractivity contribution in [3.05, 3.63) is 12.2 Å². The predicted octanol–water partition coefficient (Wildman–Crippen LogP) is 6.16. The van der Waals surface area contributed by atoms with E-state index in [1.54, 1.807) is 6.92 Å². The van der Waals surface area contributed by atoms with Crippen molar-refractivity contribution in [2.75, 3.05) is 6.54 Å². The van der Waals surface area contributed by atoms with E-state index in [0.717, 1.165) is 13.0 Å². The third kappa shape index (κ3) is 15.6. The molecular weight excluding hydrogens is 270 g/mol. The molecule has 0 spiro atoms. The molecule has 0 unspecified atom stereocenters. The Hall–Kier alpha value is -0.790. The Morgan fingerprint density at radius 2 is 1.09 bits per heavy atom. The van der Waals surface area contributed by atoms with Crippen molar-refractivity contribution >= 4 is 5.91 Å². The van der Waals surface area contributed by atoms with Gasteiger partial charge in [0.05, 0.1) is 0 Å². The second-order valence-corrected chi connectivity index (χ2v) is 6.63. The Morgan fingerprint density at radius 3 is 1.45 bits per heavy atom. The molecule has 0 heterocycles. The molecule has 0 aromatic heterocycles. The van der Waals surface area contributed by atoms with Gasteiger partial charge >= 0.3 is 0 Å². The van der Waals surface area contributed by atoms with Crippen LogP contribution in [0.3, 0.4) is 0 Å². The lowest BCUT2D eigenvalue weighted by atomic mass is 10.0. The number of hydrogen-bond donors (Lipinski definition) is 1. The first-order chi connectivity index (χ1) is 10.7. The van der Waals surface area contributed by atoms with Crippen molar-refractivity contribution in [3.8, 4) is 0 Å². The van der Waals surface area contributed by atoms with Crippen molar-refractivity contribution in [3.63, 3.8) is 0 Å². The lowest BCUT2D eigenvalue weighted by Gasteiger charge is -2.05. The first-order valence-electron chi connectivity index (χ1n) is 9.62. The monoisotopic (exact) mass is 309 g/mol. The minimum Gasteiger partial charge on any atom is -0.352 e. The summed E-state index contributed by atoms with van der Waals surface area (Å²) in [6.45, 7) is 8.45. The van der Waals surface area contributed by atoms with Crippen LogP contribution in [0.25, 0.3) is 0 Å². The minimum atomic E-state index is -0.00491. The summed E-state index contributed by atoms with van der Waals surface area (Å²) in [5.74, 6) is -0.00491. The summed E-state index contributed by atoms with van der Waals surface area (Å²) in [6, 6.07) is 0. The van der Waals surface area contributed by atoms with Crippen molar-refractivity contribution in [2.24, 2.45) is 0 Å². The third-order valence-corrected chi connectivity index (χ3v) is 4.20. The van der Waals surface area contributed by atoms with Crippen LogP contribution in [0.1, 0.15) is 104 Å². The molecule has 1 N–H and O–H groups in total. The van der Waals surface area contributed by atoms with Gasteiger partial charge in [-0.2, -0.15) is 0 Å². The summed E-state index contributed by atoms with van der Waals surface area (Å²) in [6.07, 6.45) is 19.1. The van der Waals surface area contributed by atoms with Crippen LogP contribution in [0.2, 0.25) is 0 Å². The van der Waals surface area contributed by atoms with E-state index in [-0.39, 0.29) is 5.91 Å². The third-order valence-electron chi connectivity index (χ3n) is 4.20. The van der Waals surface area contributed by atoms with Crippen LogP contribution in [0.15, 0.2) is 12.2 Å². The Morgan fingerprint density at radius 1 is 0.727 bits per heavy atom. The van der Waals surface area contributed by atoms with Crippen molar-refractivity contribution < 1.29 is 4.79 Å². The average Bonchev–Trinajstić information content (AvgIpc) is 2.50. The van der Waals surface area contributed by atoms with Gasteiger partial charge in [0, 0.05) is 12.1 Å². The fourth-order valence-corrected chi connectivity index (χ4v) is 2.67. The molecular formula is C20H39NO. The maximum Gasteiger partial charge on any atom is 0.246 e. The van der Waals surface area contributed by atoms with Crippen LogP contribution in [0.5, 0.6) is 0 Å². The first kappa shape index (κ1) is 21.2. The lowest BCUT2D eigenvalue weighted by molar-refractivity contribution is -0.117.